The first-order valence-corrected chi connectivity index (χ1v) is 19.4. The molecule has 0 spiro atoms. The monoisotopic (exact) mass is 783 g/mol. The maximum absolute atomic E-state index is 14.1. The van der Waals surface area contributed by atoms with Crippen molar-refractivity contribution in [2.24, 2.45) is 0 Å². The van der Waals surface area contributed by atoms with Gasteiger partial charge < -0.3 is 20.7 Å². The van der Waals surface area contributed by atoms with E-state index >= 15 is 0 Å². The largest absolute Gasteiger partial charge is 0.465 e. The van der Waals surface area contributed by atoms with E-state index in [1.165, 1.54) is 36.3 Å². The Hall–Kier alpha value is -4.87. The van der Waals surface area contributed by atoms with Crippen molar-refractivity contribution >= 4 is 86.8 Å². The molecule has 0 fully saturated rings. The first-order chi connectivity index (χ1) is 25.7. The van der Waals surface area contributed by atoms with Crippen molar-refractivity contribution in [3.8, 4) is 0 Å². The van der Waals surface area contributed by atoms with Crippen LogP contribution in [0.5, 0.6) is 0 Å². The Morgan fingerprint density at radius 1 is 0.830 bits per heavy atom. The van der Waals surface area contributed by atoms with Crippen LogP contribution in [0, 0.1) is 0 Å². The van der Waals surface area contributed by atoms with Crippen LogP contribution in [-0.2, 0) is 27.2 Å². The highest BCUT2D eigenvalue weighted by atomic mass is 35.5. The molecule has 0 saturated carbocycles. The molecule has 3 N–H and O–H groups in total. The number of benzene rings is 4. The van der Waals surface area contributed by atoms with Gasteiger partial charge in [-0.2, -0.15) is 0 Å². The van der Waals surface area contributed by atoms with Gasteiger partial charge in [-0.3, -0.25) is 14.4 Å². The third-order valence-corrected chi connectivity index (χ3v) is 11.8. The molecular weight excluding hydrogens is 750 g/mol. The number of aryl methyl sites for hydroxylation is 1. The third-order valence-electron chi connectivity index (χ3n) is 8.54. The average Bonchev–Trinajstić information content (AvgIpc) is 3.34. The number of methoxy groups -OCH3 is 1. The highest BCUT2D eigenvalue weighted by molar-refractivity contribution is 8.00. The molecule has 1 aliphatic rings. The molecular formula is C41H35Cl2N3O5S2. The van der Waals surface area contributed by atoms with E-state index in [2.05, 4.69) is 16.0 Å². The van der Waals surface area contributed by atoms with Crippen molar-refractivity contribution in [1.29, 1.82) is 0 Å². The first-order valence-electron chi connectivity index (χ1n) is 16.9. The Labute approximate surface area is 325 Å². The van der Waals surface area contributed by atoms with Crippen LogP contribution in [0.25, 0.3) is 6.08 Å². The normalized spacial score (nSPS) is 13.2. The Morgan fingerprint density at radius 2 is 1.55 bits per heavy atom. The SMILES string of the molecule is COC(=O)c1c(NC(=O)C(Sc2cccc(NC(=O)/C(=C\c3cccc(Cl)c3Cl)NC(=O)c3ccccc3)c2)c2ccccc2)sc2c1CCCCC2. The van der Waals surface area contributed by atoms with E-state index in [0.29, 0.717) is 37.3 Å². The summed E-state index contributed by atoms with van der Waals surface area (Å²) in [5.74, 6) is -1.84. The van der Waals surface area contributed by atoms with Gasteiger partial charge in [0.25, 0.3) is 11.8 Å². The molecule has 1 aromatic heterocycles. The number of amides is 3. The van der Waals surface area contributed by atoms with E-state index in [0.717, 1.165) is 48.1 Å². The maximum atomic E-state index is 14.1. The van der Waals surface area contributed by atoms with Gasteiger partial charge in [-0.25, -0.2) is 4.79 Å². The van der Waals surface area contributed by atoms with Crippen LogP contribution in [0.3, 0.4) is 0 Å². The van der Waals surface area contributed by atoms with Crippen LogP contribution in [0.2, 0.25) is 10.0 Å². The van der Waals surface area contributed by atoms with Gasteiger partial charge in [0.15, 0.2) is 0 Å². The molecule has 8 nitrogen and oxygen atoms in total. The summed E-state index contributed by atoms with van der Waals surface area (Å²) in [5.41, 5.74) is 3.34. The predicted octanol–water partition coefficient (Wildman–Crippen LogP) is 9.99. The van der Waals surface area contributed by atoms with E-state index in [1.807, 2.05) is 36.4 Å². The summed E-state index contributed by atoms with van der Waals surface area (Å²) in [5, 5.41) is 8.97. The first kappa shape index (κ1) is 37.9. The summed E-state index contributed by atoms with van der Waals surface area (Å²) < 4.78 is 5.15. The number of esters is 1. The molecule has 0 aliphatic heterocycles. The number of anilines is 2. The maximum Gasteiger partial charge on any atom is 0.341 e. The van der Waals surface area contributed by atoms with Crippen LogP contribution in [0.15, 0.2) is 114 Å². The number of carbonyl (C=O) groups is 4. The molecule has 6 rings (SSSR count). The van der Waals surface area contributed by atoms with E-state index in [1.54, 1.807) is 66.7 Å². The van der Waals surface area contributed by atoms with Crippen molar-refractivity contribution in [3.05, 3.63) is 152 Å². The molecule has 53 heavy (non-hydrogen) atoms. The highest BCUT2D eigenvalue weighted by Gasteiger charge is 2.29. The van der Waals surface area contributed by atoms with Gasteiger partial charge in [0.1, 0.15) is 15.9 Å². The van der Waals surface area contributed by atoms with Crippen molar-refractivity contribution in [2.45, 2.75) is 42.2 Å². The minimum absolute atomic E-state index is 0.0571. The predicted molar refractivity (Wildman–Crippen MR) is 214 cm³/mol. The fraction of sp³-hybridized carbons (Fsp3) is 0.171. The summed E-state index contributed by atoms with van der Waals surface area (Å²) in [6.45, 7) is 0. The zero-order valence-electron chi connectivity index (χ0n) is 28.6. The zero-order chi connectivity index (χ0) is 37.3. The van der Waals surface area contributed by atoms with Crippen LogP contribution in [-0.4, -0.2) is 30.8 Å². The molecule has 0 bridgehead atoms. The number of fused-ring (bicyclic) bond motifs is 1. The Balaban J connectivity index is 1.26. The lowest BCUT2D eigenvalue weighted by Gasteiger charge is -2.18. The second-order valence-corrected chi connectivity index (χ2v) is 15.2. The van der Waals surface area contributed by atoms with Gasteiger partial charge in [-0.1, -0.05) is 96.4 Å². The summed E-state index contributed by atoms with van der Waals surface area (Å²) in [7, 11) is 1.35. The van der Waals surface area contributed by atoms with E-state index in [-0.39, 0.29) is 16.6 Å². The third kappa shape index (κ3) is 9.39. The van der Waals surface area contributed by atoms with Crippen LogP contribution < -0.4 is 16.0 Å². The second-order valence-electron chi connectivity index (χ2n) is 12.2. The molecule has 4 aromatic carbocycles. The van der Waals surface area contributed by atoms with Gasteiger partial charge in [-0.05, 0) is 84.8 Å². The molecule has 0 radical (unpaired) electrons. The van der Waals surface area contributed by atoms with Crippen molar-refractivity contribution in [1.82, 2.24) is 5.32 Å². The molecule has 270 valence electrons. The molecule has 0 saturated heterocycles. The number of rotatable bonds is 11. The Kier molecular flexibility index (Phi) is 12.7. The summed E-state index contributed by atoms with van der Waals surface area (Å²) >= 11 is 15.4. The zero-order valence-corrected chi connectivity index (χ0v) is 31.8. The lowest BCUT2D eigenvalue weighted by atomic mass is 10.1. The smallest absolute Gasteiger partial charge is 0.341 e. The fourth-order valence-corrected chi connectivity index (χ4v) is 8.66. The number of carbonyl (C=O) groups excluding carboxylic acids is 4. The van der Waals surface area contributed by atoms with Crippen LogP contribution >= 0.6 is 46.3 Å². The van der Waals surface area contributed by atoms with E-state index < -0.39 is 23.0 Å². The molecule has 1 heterocycles. The number of thiophene rings is 1. The van der Waals surface area contributed by atoms with Gasteiger partial charge in [0.2, 0.25) is 5.91 Å². The van der Waals surface area contributed by atoms with Gasteiger partial charge in [0.05, 0.1) is 22.7 Å². The van der Waals surface area contributed by atoms with Crippen molar-refractivity contribution < 1.29 is 23.9 Å². The number of halogens is 2. The van der Waals surface area contributed by atoms with Crippen LogP contribution in [0.1, 0.15) is 66.8 Å². The van der Waals surface area contributed by atoms with Gasteiger partial charge >= 0.3 is 5.97 Å². The second kappa shape index (κ2) is 17.8. The fourth-order valence-electron chi connectivity index (χ4n) is 5.94. The number of thioether (sulfide) groups is 1. The highest BCUT2D eigenvalue weighted by Crippen LogP contribution is 2.41. The topological polar surface area (TPSA) is 114 Å². The lowest BCUT2D eigenvalue weighted by molar-refractivity contribution is -0.116. The van der Waals surface area contributed by atoms with Gasteiger partial charge in [0, 0.05) is 21.0 Å². The molecule has 5 aromatic rings. The van der Waals surface area contributed by atoms with Gasteiger partial charge in [-0.15, -0.1) is 23.1 Å². The standard InChI is InChI=1S/C41H35Cl2N3O5S2/c1-51-41(50)34-30-20-9-4-10-22-33(30)53-40(34)46-39(49)36(25-13-5-2-6-14-25)52-29-19-12-18-28(24-29)44-38(48)32(23-27-17-11-21-31(42)35(27)43)45-37(47)26-15-7-3-8-16-26/h2-3,5-8,11-19,21,23-24,36H,4,9-10,20,22H2,1H3,(H,44,48)(H,45,47)(H,46,49)/b32-23+. The quantitative estimate of drug-likeness (QED) is 0.0532. The van der Waals surface area contributed by atoms with E-state index in [9.17, 15) is 19.2 Å². The van der Waals surface area contributed by atoms with Crippen molar-refractivity contribution in [3.63, 3.8) is 0 Å². The van der Waals surface area contributed by atoms with Crippen LogP contribution in [0.4, 0.5) is 10.7 Å². The van der Waals surface area contributed by atoms with E-state index in [4.69, 9.17) is 27.9 Å². The molecule has 12 heteroatoms. The molecule has 1 aliphatic carbocycles. The Bertz CT molecular complexity index is 2170. The number of hydrogen-bond acceptors (Lipinski definition) is 7. The summed E-state index contributed by atoms with van der Waals surface area (Å²) in [4.78, 5) is 55.9. The number of nitrogens with one attached hydrogen (secondary N) is 3. The summed E-state index contributed by atoms with van der Waals surface area (Å²) in [6, 6.07) is 30.0. The number of hydrogen-bond donors (Lipinski definition) is 3. The minimum Gasteiger partial charge on any atom is -0.465 e. The average molecular weight is 785 g/mol. The molecule has 3 amide bonds. The molecule has 1 unspecified atom stereocenters. The minimum atomic E-state index is -0.708. The molecule has 1 atom stereocenters. The lowest BCUT2D eigenvalue weighted by Crippen LogP contribution is -2.30. The number of ether oxygens (including phenoxy) is 1. The van der Waals surface area contributed by atoms with Crippen molar-refractivity contribution in [2.75, 3.05) is 17.7 Å². The summed E-state index contributed by atoms with van der Waals surface area (Å²) in [6.07, 6.45) is 6.18. The Morgan fingerprint density at radius 3 is 2.30 bits per heavy atom.